The first-order chi connectivity index (χ1) is 10.1. The molecule has 0 saturated carbocycles. The van der Waals surface area contributed by atoms with Crippen molar-refractivity contribution in [2.75, 3.05) is 0 Å². The number of aliphatic hydroxyl groups excluding tert-OH is 1. The number of aromatic nitrogens is 4. The van der Waals surface area contributed by atoms with Crippen molar-refractivity contribution in [3.8, 4) is 5.69 Å². The second-order valence-electron chi connectivity index (χ2n) is 5.10. The highest BCUT2D eigenvalue weighted by Crippen LogP contribution is 2.27. The van der Waals surface area contributed by atoms with Crippen molar-refractivity contribution < 1.29 is 9.90 Å². The molecule has 0 aliphatic heterocycles. The number of hydrogen-bond acceptors (Lipinski definition) is 4. The molecule has 1 aromatic carbocycles. The summed E-state index contributed by atoms with van der Waals surface area (Å²) >= 11 is 0. The van der Waals surface area contributed by atoms with Crippen molar-refractivity contribution in [1.29, 1.82) is 0 Å². The fourth-order valence-electron chi connectivity index (χ4n) is 2.41. The Morgan fingerprint density at radius 3 is 2.81 bits per heavy atom. The van der Waals surface area contributed by atoms with E-state index in [4.69, 9.17) is 0 Å². The van der Waals surface area contributed by atoms with Gasteiger partial charge in [0.05, 0.1) is 30.0 Å². The van der Waals surface area contributed by atoms with Gasteiger partial charge in [0.2, 0.25) is 0 Å². The van der Waals surface area contributed by atoms with Crippen LogP contribution >= 0.6 is 0 Å². The van der Waals surface area contributed by atoms with Gasteiger partial charge in [-0.1, -0.05) is 0 Å². The minimum atomic E-state index is -0.644. The lowest BCUT2D eigenvalue weighted by Gasteiger charge is -2.13. The van der Waals surface area contributed by atoms with Gasteiger partial charge < -0.3 is 5.11 Å². The molecule has 0 bridgehead atoms. The van der Waals surface area contributed by atoms with Crippen LogP contribution in [0.25, 0.3) is 16.6 Å². The highest BCUT2D eigenvalue weighted by molar-refractivity contribution is 5.84. The lowest BCUT2D eigenvalue weighted by molar-refractivity contribution is -0.117. The molecule has 2 heterocycles. The van der Waals surface area contributed by atoms with Gasteiger partial charge in [0.25, 0.3) is 0 Å². The molecular formula is C15H16N4O2. The second kappa shape index (κ2) is 5.14. The summed E-state index contributed by atoms with van der Waals surface area (Å²) in [5.74, 6) is 0.0368. The Kier molecular flexibility index (Phi) is 3.31. The van der Waals surface area contributed by atoms with Gasteiger partial charge >= 0.3 is 0 Å². The molecule has 21 heavy (non-hydrogen) atoms. The summed E-state index contributed by atoms with van der Waals surface area (Å²) in [4.78, 5) is 11.3. The number of ketones is 1. The number of carbonyl (C=O) groups is 1. The Bertz CT molecular complexity index is 787. The minimum absolute atomic E-state index is 0.0368. The molecule has 0 spiro atoms. The van der Waals surface area contributed by atoms with Gasteiger partial charge in [-0.2, -0.15) is 10.2 Å². The molecule has 1 N–H and O–H groups in total. The van der Waals surface area contributed by atoms with Gasteiger partial charge in [0.15, 0.2) is 5.78 Å². The Morgan fingerprint density at radius 1 is 1.38 bits per heavy atom. The topological polar surface area (TPSA) is 72.9 Å². The summed E-state index contributed by atoms with van der Waals surface area (Å²) in [6.07, 6.45) is 4.59. The maximum absolute atomic E-state index is 11.3. The molecule has 0 radical (unpaired) electrons. The number of rotatable bonds is 4. The zero-order valence-corrected chi connectivity index (χ0v) is 11.9. The van der Waals surface area contributed by atoms with Crippen LogP contribution in [0.15, 0.2) is 36.8 Å². The first kappa shape index (κ1) is 13.5. The molecule has 0 fully saturated rings. The first-order valence-corrected chi connectivity index (χ1v) is 6.73. The van der Waals surface area contributed by atoms with Gasteiger partial charge in [-0.05, 0) is 32.0 Å². The highest BCUT2D eigenvalue weighted by atomic mass is 16.3. The third-order valence-electron chi connectivity index (χ3n) is 3.36. The first-order valence-electron chi connectivity index (χ1n) is 6.73. The SMILES string of the molecule is CC(=O)Cn1ncc2cc(-n3cccn3)c([C@@H](C)O)cc21. The van der Waals surface area contributed by atoms with E-state index < -0.39 is 6.10 Å². The largest absolute Gasteiger partial charge is 0.389 e. The van der Waals surface area contributed by atoms with Crippen molar-refractivity contribution in [3.05, 3.63) is 42.4 Å². The van der Waals surface area contributed by atoms with E-state index in [1.54, 1.807) is 28.7 Å². The van der Waals surface area contributed by atoms with Crippen molar-refractivity contribution in [2.45, 2.75) is 26.5 Å². The third-order valence-corrected chi connectivity index (χ3v) is 3.36. The molecule has 108 valence electrons. The van der Waals surface area contributed by atoms with Gasteiger partial charge in [-0.25, -0.2) is 4.68 Å². The van der Waals surface area contributed by atoms with Crippen LogP contribution in [0.5, 0.6) is 0 Å². The fourth-order valence-corrected chi connectivity index (χ4v) is 2.41. The average molecular weight is 284 g/mol. The molecule has 0 amide bonds. The van der Waals surface area contributed by atoms with Crippen molar-refractivity contribution >= 4 is 16.7 Å². The third kappa shape index (κ3) is 2.45. The van der Waals surface area contributed by atoms with Crippen LogP contribution in [-0.4, -0.2) is 30.5 Å². The lowest BCUT2D eigenvalue weighted by Crippen LogP contribution is -2.08. The summed E-state index contributed by atoms with van der Waals surface area (Å²) in [7, 11) is 0. The molecule has 3 aromatic rings. The summed E-state index contributed by atoms with van der Waals surface area (Å²) in [6.45, 7) is 3.46. The van der Waals surface area contributed by atoms with Gasteiger partial charge in [-0.15, -0.1) is 0 Å². The number of Topliss-reactive ketones (excluding diaryl/α,β-unsaturated/α-hetero) is 1. The molecule has 3 rings (SSSR count). The predicted octanol–water partition coefficient (Wildman–Crippen LogP) is 1.86. The summed E-state index contributed by atoms with van der Waals surface area (Å²) < 4.78 is 3.36. The van der Waals surface area contributed by atoms with Crippen LogP contribution in [0.4, 0.5) is 0 Å². The highest BCUT2D eigenvalue weighted by Gasteiger charge is 2.15. The van der Waals surface area contributed by atoms with Crippen LogP contribution in [0.3, 0.4) is 0 Å². The zero-order valence-electron chi connectivity index (χ0n) is 11.9. The number of carbonyl (C=O) groups excluding carboxylic acids is 1. The number of benzene rings is 1. The Labute approximate surface area is 121 Å². The maximum Gasteiger partial charge on any atom is 0.151 e. The number of fused-ring (bicyclic) bond motifs is 1. The molecular weight excluding hydrogens is 268 g/mol. The van der Waals surface area contributed by atoms with Crippen molar-refractivity contribution in [1.82, 2.24) is 19.6 Å². The van der Waals surface area contributed by atoms with Gasteiger partial charge in [0.1, 0.15) is 0 Å². The lowest BCUT2D eigenvalue weighted by atomic mass is 10.1. The van der Waals surface area contributed by atoms with E-state index in [0.29, 0.717) is 0 Å². The van der Waals surface area contributed by atoms with E-state index in [-0.39, 0.29) is 12.3 Å². The predicted molar refractivity (Wildman–Crippen MR) is 78.2 cm³/mol. The summed E-state index contributed by atoms with van der Waals surface area (Å²) in [5.41, 5.74) is 2.39. The van der Waals surface area contributed by atoms with Gasteiger partial charge in [-0.3, -0.25) is 9.48 Å². The molecule has 0 aliphatic rings. The maximum atomic E-state index is 11.3. The van der Waals surface area contributed by atoms with E-state index in [2.05, 4.69) is 10.2 Å². The average Bonchev–Trinajstić information content (AvgIpc) is 3.06. The molecule has 1 atom stereocenters. The normalized spacial score (nSPS) is 12.7. The molecule has 6 nitrogen and oxygen atoms in total. The number of nitrogens with zero attached hydrogens (tertiary/aromatic N) is 4. The van der Waals surface area contributed by atoms with E-state index in [1.165, 1.54) is 6.92 Å². The van der Waals surface area contributed by atoms with Crippen LogP contribution in [-0.2, 0) is 11.3 Å². The molecule has 0 unspecified atom stereocenters. The second-order valence-corrected chi connectivity index (χ2v) is 5.10. The Hall–Kier alpha value is -2.47. The van der Waals surface area contributed by atoms with Crippen LogP contribution < -0.4 is 0 Å². The van der Waals surface area contributed by atoms with E-state index in [9.17, 15) is 9.90 Å². The van der Waals surface area contributed by atoms with Crippen LogP contribution in [0, 0.1) is 0 Å². The van der Waals surface area contributed by atoms with E-state index in [1.807, 2.05) is 24.4 Å². The quantitative estimate of drug-likeness (QED) is 0.793. The Balaban J connectivity index is 2.21. The van der Waals surface area contributed by atoms with Crippen molar-refractivity contribution in [2.24, 2.45) is 0 Å². The van der Waals surface area contributed by atoms with Crippen molar-refractivity contribution in [3.63, 3.8) is 0 Å². The molecule has 0 saturated heterocycles. The smallest absolute Gasteiger partial charge is 0.151 e. The fraction of sp³-hybridized carbons (Fsp3) is 0.267. The Morgan fingerprint density at radius 2 is 2.19 bits per heavy atom. The molecule has 0 aliphatic carbocycles. The molecule has 6 heteroatoms. The van der Waals surface area contributed by atoms with Crippen LogP contribution in [0.1, 0.15) is 25.5 Å². The monoisotopic (exact) mass is 284 g/mol. The van der Waals surface area contributed by atoms with Gasteiger partial charge in [0, 0.05) is 23.3 Å². The zero-order chi connectivity index (χ0) is 15.0. The standard InChI is InChI=1S/C15H16N4O2/c1-10(20)9-19-14-7-13(11(2)21)15(6-12(14)8-17-19)18-5-3-4-16-18/h3-8,11,21H,9H2,1-2H3/t11-/m1/s1. The number of aliphatic hydroxyl groups is 1. The minimum Gasteiger partial charge on any atom is -0.389 e. The summed E-state index contributed by atoms with van der Waals surface area (Å²) in [5, 5.41) is 19.4. The molecule has 2 aromatic heterocycles. The van der Waals surface area contributed by atoms with E-state index >= 15 is 0 Å². The van der Waals surface area contributed by atoms with E-state index in [0.717, 1.165) is 22.2 Å². The van der Waals surface area contributed by atoms with Crippen LogP contribution in [0.2, 0.25) is 0 Å². The number of hydrogen-bond donors (Lipinski definition) is 1. The summed E-state index contributed by atoms with van der Waals surface area (Å²) in [6, 6.07) is 5.62.